The molecule has 182 valence electrons. The van der Waals surface area contributed by atoms with Gasteiger partial charge < -0.3 is 20.1 Å². The molecule has 0 aromatic heterocycles. The number of fused-ring (bicyclic) bond motifs is 1. The lowest BCUT2D eigenvalue weighted by atomic mass is 9.87. The molecule has 8 nitrogen and oxygen atoms in total. The number of nitrogens with one attached hydrogen (secondary N) is 2. The molecular formula is C24H28FN3O5S. The van der Waals surface area contributed by atoms with Crippen molar-refractivity contribution in [3.05, 3.63) is 71.0 Å². The molecule has 3 N–H and O–H groups in total. The number of benzene rings is 2. The van der Waals surface area contributed by atoms with Gasteiger partial charge in [0, 0.05) is 18.7 Å². The van der Waals surface area contributed by atoms with Crippen molar-refractivity contribution in [3.8, 4) is 0 Å². The summed E-state index contributed by atoms with van der Waals surface area (Å²) in [4.78, 5) is 26.8. The molecule has 2 aromatic carbocycles. The number of nitrogens with zero attached hydrogens (tertiary/aromatic N) is 1. The van der Waals surface area contributed by atoms with Crippen molar-refractivity contribution in [1.29, 1.82) is 4.78 Å². The van der Waals surface area contributed by atoms with Gasteiger partial charge in [0.25, 0.3) is 5.91 Å². The lowest BCUT2D eigenvalue weighted by Gasteiger charge is -2.42. The van der Waals surface area contributed by atoms with Crippen LogP contribution in [0, 0.1) is 10.6 Å². The summed E-state index contributed by atoms with van der Waals surface area (Å²) in [5.74, 6) is -0.621. The van der Waals surface area contributed by atoms with Crippen LogP contribution in [0.15, 0.2) is 48.5 Å². The Labute approximate surface area is 198 Å². The van der Waals surface area contributed by atoms with Crippen LogP contribution in [0.4, 0.5) is 9.18 Å². The van der Waals surface area contributed by atoms with Gasteiger partial charge in [-0.1, -0.05) is 43.3 Å². The zero-order chi connectivity index (χ0) is 24.5. The number of halogens is 1. The fraction of sp³-hybridized carbons (Fsp3) is 0.417. The second-order valence-corrected chi connectivity index (χ2v) is 11.2. The lowest BCUT2D eigenvalue weighted by molar-refractivity contribution is -0.149. The minimum atomic E-state index is -3.10. The zero-order valence-electron chi connectivity index (χ0n) is 18.8. The first-order valence-corrected chi connectivity index (χ1v) is 13.0. The molecular weight excluding hydrogens is 461 g/mol. The first kappa shape index (κ1) is 24.2. The normalized spacial score (nSPS) is 26.2. The summed E-state index contributed by atoms with van der Waals surface area (Å²) in [5.41, 5.74) is 2.81. The van der Waals surface area contributed by atoms with Gasteiger partial charge in [-0.15, -0.1) is 0 Å². The van der Waals surface area contributed by atoms with Gasteiger partial charge in [-0.05, 0) is 35.2 Å². The minimum Gasteiger partial charge on any atom is -0.465 e. The van der Waals surface area contributed by atoms with Crippen molar-refractivity contribution in [2.24, 2.45) is 0 Å². The predicted octanol–water partition coefficient (Wildman–Crippen LogP) is 3.16. The van der Waals surface area contributed by atoms with Crippen molar-refractivity contribution >= 4 is 21.7 Å². The van der Waals surface area contributed by atoms with E-state index in [1.165, 1.54) is 12.1 Å². The summed E-state index contributed by atoms with van der Waals surface area (Å²) in [5, 5.41) is 10.8. The van der Waals surface area contributed by atoms with Gasteiger partial charge in [-0.25, -0.2) is 13.4 Å². The SMILES string of the molecule is CCS(=N)(=O)[C@H]1CO[C@@H](C(=O)N2CCc3ccccc3[C@@H]2c2ccc(F)cc2)C[C@@H]1NC(=O)O. The molecule has 2 aromatic rings. The monoisotopic (exact) mass is 489 g/mol. The maximum atomic E-state index is 13.7. The fourth-order valence-corrected chi connectivity index (χ4v) is 6.28. The molecule has 0 aliphatic carbocycles. The molecule has 1 unspecified atom stereocenters. The standard InChI is InChI=1S/C24H28FN3O5S/c1-2-34(26,32)21-14-33-20(13-19(21)27-24(30)31)23(29)28-12-11-15-5-3-4-6-18(15)22(28)16-7-9-17(25)10-8-16/h3-10,19-22,26-27H,2,11-14H2,1H3,(H,30,31)/t19-,20+,21-,22-,34?/m0/s1. The number of rotatable bonds is 5. The van der Waals surface area contributed by atoms with Crippen LogP contribution in [-0.4, -0.2) is 62.5 Å². The number of carbonyl (C=O) groups is 2. The molecule has 0 radical (unpaired) electrons. The Bertz CT molecular complexity index is 1170. The largest absolute Gasteiger partial charge is 0.465 e. The molecule has 34 heavy (non-hydrogen) atoms. The van der Waals surface area contributed by atoms with Gasteiger partial charge in [0.2, 0.25) is 0 Å². The number of carboxylic acid groups (broad SMARTS) is 1. The Hall–Kier alpha value is -2.98. The quantitative estimate of drug-likeness (QED) is 0.596. The number of hydrogen-bond donors (Lipinski definition) is 3. The molecule has 0 bridgehead atoms. The molecule has 1 saturated heterocycles. The Morgan fingerprint density at radius 3 is 2.62 bits per heavy atom. The van der Waals surface area contributed by atoms with E-state index in [1.54, 1.807) is 24.0 Å². The van der Waals surface area contributed by atoms with Gasteiger partial charge in [0.05, 0.1) is 33.7 Å². The van der Waals surface area contributed by atoms with E-state index in [4.69, 9.17) is 9.52 Å². The van der Waals surface area contributed by atoms with E-state index in [1.807, 2.05) is 24.3 Å². The molecule has 0 saturated carbocycles. The summed E-state index contributed by atoms with van der Waals surface area (Å²) in [6.07, 6.45) is -1.62. The number of hydrogen-bond acceptors (Lipinski definition) is 5. The van der Waals surface area contributed by atoms with E-state index in [2.05, 4.69) is 5.32 Å². The number of amides is 2. The molecule has 10 heteroatoms. The topological polar surface area (TPSA) is 120 Å². The summed E-state index contributed by atoms with van der Waals surface area (Å²) in [7, 11) is -3.10. The van der Waals surface area contributed by atoms with Crippen molar-refractivity contribution in [1.82, 2.24) is 10.2 Å². The maximum absolute atomic E-state index is 13.7. The number of carbonyl (C=O) groups excluding carboxylic acids is 1. The van der Waals surface area contributed by atoms with Crippen LogP contribution in [0.3, 0.4) is 0 Å². The highest BCUT2D eigenvalue weighted by Crippen LogP contribution is 2.36. The Balaban J connectivity index is 1.64. The van der Waals surface area contributed by atoms with E-state index in [0.717, 1.165) is 16.7 Å². The van der Waals surface area contributed by atoms with Crippen molar-refractivity contribution < 1.29 is 28.0 Å². The smallest absolute Gasteiger partial charge is 0.404 e. The summed E-state index contributed by atoms with van der Waals surface area (Å²) in [6, 6.07) is 12.6. The second-order valence-electron chi connectivity index (χ2n) is 8.60. The van der Waals surface area contributed by atoms with E-state index in [0.29, 0.717) is 13.0 Å². The second kappa shape index (κ2) is 9.71. The summed E-state index contributed by atoms with van der Waals surface area (Å²) >= 11 is 0. The van der Waals surface area contributed by atoms with E-state index in [9.17, 15) is 23.3 Å². The first-order valence-electron chi connectivity index (χ1n) is 11.2. The van der Waals surface area contributed by atoms with Crippen LogP contribution < -0.4 is 5.32 Å². The van der Waals surface area contributed by atoms with Gasteiger partial charge in [-0.2, -0.15) is 0 Å². The maximum Gasteiger partial charge on any atom is 0.404 e. The third-order valence-corrected chi connectivity index (χ3v) is 8.93. The van der Waals surface area contributed by atoms with E-state index >= 15 is 0 Å². The Morgan fingerprint density at radius 2 is 1.94 bits per heavy atom. The number of ether oxygens (including phenoxy) is 1. The first-order chi connectivity index (χ1) is 16.2. The average molecular weight is 490 g/mol. The van der Waals surface area contributed by atoms with Gasteiger partial charge in [0.15, 0.2) is 0 Å². The van der Waals surface area contributed by atoms with E-state index in [-0.39, 0.29) is 30.5 Å². The van der Waals surface area contributed by atoms with Crippen LogP contribution in [0.5, 0.6) is 0 Å². The molecule has 2 aliphatic rings. The predicted molar refractivity (Wildman–Crippen MR) is 125 cm³/mol. The molecule has 4 rings (SSSR count). The Morgan fingerprint density at radius 1 is 1.24 bits per heavy atom. The van der Waals surface area contributed by atoms with Crippen molar-refractivity contribution in [2.45, 2.75) is 43.2 Å². The highest BCUT2D eigenvalue weighted by Gasteiger charge is 2.43. The molecule has 2 aliphatic heterocycles. The minimum absolute atomic E-state index is 0.0139. The molecule has 2 amide bonds. The third-order valence-electron chi connectivity index (χ3n) is 6.63. The van der Waals surface area contributed by atoms with Crippen LogP contribution in [0.1, 0.15) is 36.1 Å². The van der Waals surface area contributed by atoms with Gasteiger partial charge in [-0.3, -0.25) is 9.57 Å². The van der Waals surface area contributed by atoms with E-state index < -0.39 is 39.3 Å². The average Bonchev–Trinajstić information content (AvgIpc) is 2.83. The molecule has 1 fully saturated rings. The van der Waals surface area contributed by atoms with Gasteiger partial charge >= 0.3 is 6.09 Å². The Kier molecular flexibility index (Phi) is 6.90. The van der Waals surface area contributed by atoms with Crippen LogP contribution in [0.25, 0.3) is 0 Å². The fourth-order valence-electron chi connectivity index (χ4n) is 4.84. The van der Waals surface area contributed by atoms with Gasteiger partial charge in [0.1, 0.15) is 11.9 Å². The summed E-state index contributed by atoms with van der Waals surface area (Å²) in [6.45, 7) is 1.88. The van der Waals surface area contributed by atoms with Crippen LogP contribution in [-0.2, 0) is 25.7 Å². The molecule has 5 atom stereocenters. The highest BCUT2D eigenvalue weighted by atomic mass is 32.2. The van der Waals surface area contributed by atoms with Crippen molar-refractivity contribution in [2.75, 3.05) is 18.9 Å². The van der Waals surface area contributed by atoms with Crippen LogP contribution >= 0.6 is 0 Å². The lowest BCUT2D eigenvalue weighted by Crippen LogP contribution is -2.57. The summed E-state index contributed by atoms with van der Waals surface area (Å²) < 4.78 is 40.3. The molecule has 2 heterocycles. The zero-order valence-corrected chi connectivity index (χ0v) is 19.6. The highest BCUT2D eigenvalue weighted by molar-refractivity contribution is 7.93. The van der Waals surface area contributed by atoms with Crippen LogP contribution in [0.2, 0.25) is 0 Å². The third kappa shape index (κ3) is 4.78. The van der Waals surface area contributed by atoms with Crippen molar-refractivity contribution in [3.63, 3.8) is 0 Å². The molecule has 0 spiro atoms.